The molecule has 0 amide bonds. The van der Waals surface area contributed by atoms with Crippen LogP contribution >= 0.6 is 0 Å². The van der Waals surface area contributed by atoms with Crippen LogP contribution in [0.25, 0.3) is 33.9 Å². The predicted octanol–water partition coefficient (Wildman–Crippen LogP) is 0.838. The molecule has 0 unspecified atom stereocenters. The molecule has 4 rings (SSSR count). The molecule has 11 heteroatoms. The van der Waals surface area contributed by atoms with E-state index in [0.29, 0.717) is 46.2 Å². The number of pyridine rings is 1. The Morgan fingerprint density at radius 2 is 1.93 bits per heavy atom. The highest BCUT2D eigenvalue weighted by molar-refractivity contribution is 5.97. The molecule has 4 aromatic heterocycles. The van der Waals surface area contributed by atoms with Crippen LogP contribution in [0.3, 0.4) is 0 Å². The van der Waals surface area contributed by atoms with Crippen LogP contribution in [0.2, 0.25) is 0 Å². The van der Waals surface area contributed by atoms with Gasteiger partial charge < -0.3 is 10.2 Å². The second-order valence-electron chi connectivity index (χ2n) is 6.24. The maximum atomic E-state index is 11.5. The summed E-state index contributed by atoms with van der Waals surface area (Å²) in [6.07, 6.45) is 1.62. The molecule has 0 radical (unpaired) electrons. The third-order valence-electron chi connectivity index (χ3n) is 4.46. The highest BCUT2D eigenvalue weighted by Crippen LogP contribution is 2.28. The van der Waals surface area contributed by atoms with E-state index in [1.54, 1.807) is 40.4 Å². The molecular weight excluding hydrogens is 364 g/mol. The summed E-state index contributed by atoms with van der Waals surface area (Å²) in [4.78, 5) is 20.4. The van der Waals surface area contributed by atoms with Crippen LogP contribution in [0.15, 0.2) is 18.3 Å². The zero-order chi connectivity index (χ0) is 20.0. The lowest BCUT2D eigenvalue weighted by atomic mass is 10.2. The minimum Gasteiger partial charge on any atom is -0.477 e. The lowest BCUT2D eigenvalue weighted by Gasteiger charge is -2.04. The molecule has 2 N–H and O–H groups in total. The van der Waals surface area contributed by atoms with Crippen molar-refractivity contribution in [2.24, 2.45) is 14.1 Å². The van der Waals surface area contributed by atoms with Crippen molar-refractivity contribution in [3.8, 4) is 23.0 Å². The van der Waals surface area contributed by atoms with Gasteiger partial charge >= 0.3 is 5.97 Å². The summed E-state index contributed by atoms with van der Waals surface area (Å²) in [5, 5.41) is 32.4. The second-order valence-corrected chi connectivity index (χ2v) is 6.24. The third-order valence-corrected chi connectivity index (χ3v) is 4.46. The maximum absolute atomic E-state index is 11.5. The molecule has 0 fully saturated rings. The molecule has 0 atom stereocenters. The van der Waals surface area contributed by atoms with Gasteiger partial charge in [0.25, 0.3) is 0 Å². The first-order valence-corrected chi connectivity index (χ1v) is 8.58. The van der Waals surface area contributed by atoms with Gasteiger partial charge in [-0.05, 0) is 19.1 Å². The SMILES string of the molecule is CCn1nc(CO)cc1-c1nc(-c2nc(C(=O)O)cc3c2cnn3C)n(C)n1. The number of nitrogens with zero attached hydrogens (tertiary/aromatic N) is 8. The number of hydrogen-bond donors (Lipinski definition) is 2. The average molecular weight is 382 g/mol. The minimum absolute atomic E-state index is 0.100. The molecule has 0 aliphatic rings. The van der Waals surface area contributed by atoms with Gasteiger partial charge in [-0.1, -0.05) is 0 Å². The molecule has 28 heavy (non-hydrogen) atoms. The van der Waals surface area contributed by atoms with E-state index >= 15 is 0 Å². The van der Waals surface area contributed by atoms with Gasteiger partial charge in [-0.15, -0.1) is 5.10 Å². The largest absolute Gasteiger partial charge is 0.477 e. The summed E-state index contributed by atoms with van der Waals surface area (Å²) in [5.74, 6) is -0.319. The zero-order valence-electron chi connectivity index (χ0n) is 15.5. The van der Waals surface area contributed by atoms with Gasteiger partial charge in [0.05, 0.1) is 24.0 Å². The number of aromatic carboxylic acids is 1. The third kappa shape index (κ3) is 2.72. The first-order chi connectivity index (χ1) is 13.4. The Labute approximate surface area is 158 Å². The van der Waals surface area contributed by atoms with Crippen molar-refractivity contribution in [3.05, 3.63) is 29.7 Å². The monoisotopic (exact) mass is 382 g/mol. The second kappa shape index (κ2) is 6.53. The van der Waals surface area contributed by atoms with Crippen LogP contribution in [-0.2, 0) is 27.2 Å². The number of carbonyl (C=O) groups is 1. The van der Waals surface area contributed by atoms with Crippen molar-refractivity contribution in [2.75, 3.05) is 0 Å². The smallest absolute Gasteiger partial charge is 0.354 e. The first-order valence-electron chi connectivity index (χ1n) is 8.58. The normalized spacial score (nSPS) is 11.4. The van der Waals surface area contributed by atoms with Gasteiger partial charge in [0, 0.05) is 26.0 Å². The van der Waals surface area contributed by atoms with Gasteiger partial charge in [0.1, 0.15) is 11.4 Å². The van der Waals surface area contributed by atoms with E-state index in [1.807, 2.05) is 6.92 Å². The van der Waals surface area contributed by atoms with E-state index in [-0.39, 0.29) is 12.3 Å². The van der Waals surface area contributed by atoms with Crippen molar-refractivity contribution in [2.45, 2.75) is 20.1 Å². The Morgan fingerprint density at radius 3 is 2.61 bits per heavy atom. The van der Waals surface area contributed by atoms with Crippen LogP contribution in [0.1, 0.15) is 23.1 Å². The number of rotatable bonds is 5. The fourth-order valence-electron chi connectivity index (χ4n) is 3.09. The van der Waals surface area contributed by atoms with Crippen molar-refractivity contribution in [1.82, 2.24) is 39.3 Å². The number of aliphatic hydroxyl groups is 1. The number of fused-ring (bicyclic) bond motifs is 1. The molecule has 4 heterocycles. The number of aromatic nitrogens is 8. The van der Waals surface area contributed by atoms with Crippen LogP contribution in [0, 0.1) is 0 Å². The topological polar surface area (TPSA) is 137 Å². The molecule has 4 aromatic rings. The number of carboxylic acids is 1. The minimum atomic E-state index is -1.14. The van der Waals surface area contributed by atoms with E-state index in [1.165, 1.54) is 6.07 Å². The van der Waals surface area contributed by atoms with Crippen LogP contribution in [-0.4, -0.2) is 55.5 Å². The van der Waals surface area contributed by atoms with Gasteiger partial charge in [-0.2, -0.15) is 10.2 Å². The molecule has 0 aliphatic carbocycles. The van der Waals surface area contributed by atoms with Gasteiger partial charge in [-0.3, -0.25) is 9.36 Å². The Bertz CT molecular complexity index is 1200. The summed E-state index contributed by atoms with van der Waals surface area (Å²) in [6.45, 7) is 2.33. The summed E-state index contributed by atoms with van der Waals surface area (Å²) in [7, 11) is 3.44. The van der Waals surface area contributed by atoms with Gasteiger partial charge in [-0.25, -0.2) is 19.4 Å². The van der Waals surface area contributed by atoms with E-state index in [4.69, 9.17) is 0 Å². The van der Waals surface area contributed by atoms with E-state index in [2.05, 4.69) is 25.3 Å². The van der Waals surface area contributed by atoms with Crippen molar-refractivity contribution in [1.29, 1.82) is 0 Å². The summed E-state index contributed by atoms with van der Waals surface area (Å²) in [5.41, 5.74) is 2.09. The van der Waals surface area contributed by atoms with Crippen LogP contribution in [0.5, 0.6) is 0 Å². The van der Waals surface area contributed by atoms with Crippen LogP contribution < -0.4 is 0 Å². The van der Waals surface area contributed by atoms with Gasteiger partial charge in [0.15, 0.2) is 17.3 Å². The van der Waals surface area contributed by atoms with E-state index in [9.17, 15) is 15.0 Å². The molecular formula is C17H18N8O3. The molecule has 0 aliphatic heterocycles. The van der Waals surface area contributed by atoms with E-state index < -0.39 is 5.97 Å². The van der Waals surface area contributed by atoms with Gasteiger partial charge in [0.2, 0.25) is 0 Å². The number of hydrogen-bond acceptors (Lipinski definition) is 7. The lowest BCUT2D eigenvalue weighted by molar-refractivity contribution is 0.0691. The van der Waals surface area contributed by atoms with Crippen LogP contribution in [0.4, 0.5) is 0 Å². The quantitative estimate of drug-likeness (QED) is 0.518. The fourth-order valence-corrected chi connectivity index (χ4v) is 3.09. The first kappa shape index (κ1) is 17.8. The Hall–Kier alpha value is -3.60. The molecule has 11 nitrogen and oxygen atoms in total. The fraction of sp³-hybridized carbons (Fsp3) is 0.294. The number of aliphatic hydroxyl groups excluding tert-OH is 1. The molecule has 0 bridgehead atoms. The predicted molar refractivity (Wildman–Crippen MR) is 98.3 cm³/mol. The lowest BCUT2D eigenvalue weighted by Crippen LogP contribution is -2.05. The zero-order valence-corrected chi connectivity index (χ0v) is 15.5. The number of aryl methyl sites for hydroxylation is 3. The van der Waals surface area contributed by atoms with Crippen molar-refractivity contribution in [3.63, 3.8) is 0 Å². The summed E-state index contributed by atoms with van der Waals surface area (Å²) < 4.78 is 4.83. The Kier molecular flexibility index (Phi) is 4.15. The Morgan fingerprint density at radius 1 is 1.14 bits per heavy atom. The highest BCUT2D eigenvalue weighted by Gasteiger charge is 2.21. The molecule has 0 saturated carbocycles. The van der Waals surface area contributed by atoms with E-state index in [0.717, 1.165) is 0 Å². The average Bonchev–Trinajstić information content (AvgIpc) is 3.37. The molecule has 0 saturated heterocycles. The Balaban J connectivity index is 1.92. The maximum Gasteiger partial charge on any atom is 0.354 e. The highest BCUT2D eigenvalue weighted by atomic mass is 16.4. The standard InChI is InChI=1S/C17H18N8O3/c1-4-25-13(5-9(8-26)21-25)15-20-16(24(3)22-15)14-10-7-18-23(2)12(10)6-11(19-14)17(27)28/h5-7,26H,4,8H2,1-3H3,(H,27,28). The summed E-state index contributed by atoms with van der Waals surface area (Å²) >= 11 is 0. The summed E-state index contributed by atoms with van der Waals surface area (Å²) in [6, 6.07) is 3.20. The molecule has 144 valence electrons. The number of carboxylic acid groups (broad SMARTS) is 1. The molecule has 0 spiro atoms. The molecule has 0 aromatic carbocycles. The van der Waals surface area contributed by atoms with Crippen molar-refractivity contribution < 1.29 is 15.0 Å². The van der Waals surface area contributed by atoms with Crippen molar-refractivity contribution >= 4 is 16.9 Å².